The van der Waals surface area contributed by atoms with Gasteiger partial charge in [-0.15, -0.1) is 0 Å². The molecule has 0 amide bonds. The molecule has 0 saturated heterocycles. The van der Waals surface area contributed by atoms with Crippen molar-refractivity contribution in [2.75, 3.05) is 13.7 Å². The van der Waals surface area contributed by atoms with E-state index in [9.17, 15) is 9.59 Å². The number of benzene rings is 3. The van der Waals surface area contributed by atoms with E-state index in [2.05, 4.69) is 22.0 Å². The van der Waals surface area contributed by atoms with Gasteiger partial charge in [0.05, 0.1) is 41.2 Å². The monoisotopic (exact) mass is 705 g/mol. The molecule has 0 spiro atoms. The summed E-state index contributed by atoms with van der Waals surface area (Å²) in [6.45, 7) is 4.18. The third-order valence-corrected chi connectivity index (χ3v) is 8.83. The number of allylic oxidation sites excluding steroid dienone is 1. The van der Waals surface area contributed by atoms with E-state index in [1.165, 1.54) is 15.9 Å². The number of hydrogen-bond acceptors (Lipinski definition) is 8. The van der Waals surface area contributed by atoms with Crippen LogP contribution in [-0.4, -0.2) is 24.3 Å². The number of esters is 1. The van der Waals surface area contributed by atoms with Gasteiger partial charge in [-0.25, -0.2) is 9.79 Å². The van der Waals surface area contributed by atoms with E-state index in [0.29, 0.717) is 60.2 Å². The highest BCUT2D eigenvalue weighted by Crippen LogP contribution is 2.38. The van der Waals surface area contributed by atoms with E-state index < -0.39 is 12.0 Å². The highest BCUT2D eigenvalue weighted by molar-refractivity contribution is 9.10. The van der Waals surface area contributed by atoms with Gasteiger partial charge in [-0.3, -0.25) is 9.36 Å². The Kier molecular flexibility index (Phi) is 10.2. The molecule has 4 aromatic rings. The lowest BCUT2D eigenvalue weighted by Crippen LogP contribution is -2.40. The van der Waals surface area contributed by atoms with Gasteiger partial charge >= 0.3 is 5.97 Å². The van der Waals surface area contributed by atoms with Crippen LogP contribution in [0.25, 0.3) is 6.08 Å². The average molecular weight is 707 g/mol. The van der Waals surface area contributed by atoms with Crippen molar-refractivity contribution >= 4 is 50.9 Å². The molecule has 230 valence electrons. The number of carbonyl (C=O) groups excluding carboxylic acids is 1. The van der Waals surface area contributed by atoms with E-state index in [4.69, 9.17) is 36.1 Å². The highest BCUT2D eigenvalue weighted by atomic mass is 79.9. The number of halogens is 2. The maximum Gasteiger partial charge on any atom is 0.338 e. The van der Waals surface area contributed by atoms with E-state index >= 15 is 0 Å². The van der Waals surface area contributed by atoms with Gasteiger partial charge in [-0.2, -0.15) is 5.26 Å². The van der Waals surface area contributed by atoms with Crippen molar-refractivity contribution in [3.63, 3.8) is 0 Å². The number of rotatable bonds is 10. The van der Waals surface area contributed by atoms with Gasteiger partial charge in [0.2, 0.25) is 0 Å². The Morgan fingerprint density at radius 1 is 1.13 bits per heavy atom. The van der Waals surface area contributed by atoms with Gasteiger partial charge < -0.3 is 14.2 Å². The number of nitriles is 1. The van der Waals surface area contributed by atoms with Crippen molar-refractivity contribution in [3.8, 4) is 17.6 Å². The Labute approximate surface area is 277 Å². The number of ether oxygens (including phenoxy) is 3. The Morgan fingerprint density at radius 3 is 2.58 bits per heavy atom. The summed E-state index contributed by atoms with van der Waals surface area (Å²) in [5, 5.41) is 9.56. The lowest BCUT2D eigenvalue weighted by atomic mass is 9.93. The minimum atomic E-state index is -0.831. The Balaban J connectivity index is 1.67. The van der Waals surface area contributed by atoms with Crippen LogP contribution in [-0.2, 0) is 16.1 Å². The number of carbonyl (C=O) groups is 1. The van der Waals surface area contributed by atoms with Gasteiger partial charge in [0, 0.05) is 20.6 Å². The second kappa shape index (κ2) is 14.3. The average Bonchev–Trinajstić information content (AvgIpc) is 3.34. The lowest BCUT2D eigenvalue weighted by Gasteiger charge is -2.27. The fraction of sp³-hybridized carbons (Fsp3) is 0.235. The fourth-order valence-electron chi connectivity index (χ4n) is 5.08. The maximum absolute atomic E-state index is 14.3. The smallest absolute Gasteiger partial charge is 0.338 e. The van der Waals surface area contributed by atoms with Crippen molar-refractivity contribution in [3.05, 3.63) is 123 Å². The Hall–Kier alpha value is -4.17. The summed E-state index contributed by atoms with van der Waals surface area (Å²) >= 11 is 11.1. The largest absolute Gasteiger partial charge is 0.496 e. The van der Waals surface area contributed by atoms with Gasteiger partial charge in [0.15, 0.2) is 4.80 Å². The summed E-state index contributed by atoms with van der Waals surface area (Å²) in [6.07, 6.45) is 2.99. The number of fused-ring (bicyclic) bond motifs is 1. The first-order chi connectivity index (χ1) is 21.8. The normalized spacial score (nSPS) is 14.4. The van der Waals surface area contributed by atoms with Gasteiger partial charge in [0.1, 0.15) is 24.1 Å². The molecule has 5 rings (SSSR count). The van der Waals surface area contributed by atoms with Crippen molar-refractivity contribution in [1.29, 1.82) is 5.26 Å². The molecule has 0 unspecified atom stereocenters. The van der Waals surface area contributed by atoms with Gasteiger partial charge in [0.25, 0.3) is 5.56 Å². The SMILES string of the molecule is CCCC1=C(C(=O)OCC)[C@@H](c2cc(Br)ccc2OC)n2c(s/c(=C/c3cc(Cl)ccc3OCc3ccc(C#N)cc3)c2=O)=N1. The maximum atomic E-state index is 14.3. The van der Waals surface area contributed by atoms with Crippen LogP contribution in [0.3, 0.4) is 0 Å². The van der Waals surface area contributed by atoms with Crippen LogP contribution in [0.2, 0.25) is 5.02 Å². The number of aromatic nitrogens is 1. The van der Waals surface area contributed by atoms with Crippen LogP contribution in [0.4, 0.5) is 0 Å². The number of methoxy groups -OCH3 is 1. The minimum absolute atomic E-state index is 0.175. The predicted molar refractivity (Wildman–Crippen MR) is 177 cm³/mol. The fourth-order valence-corrected chi connectivity index (χ4v) is 6.65. The molecule has 0 N–H and O–H groups in total. The molecule has 1 atom stereocenters. The predicted octanol–water partition coefficient (Wildman–Crippen LogP) is 6.45. The standard InChI is InChI=1S/C34H29BrClN3O5S/c1-4-6-26-30(33(41)43-5-2)31(25-17-23(35)11-13-28(25)42-3)39-32(40)29(45-34(39)38-26)16-22-15-24(36)12-14-27(22)44-19-21-9-7-20(18-37)8-10-21/h7-17,31H,4-6,19H2,1-3H3/b29-16+/t31-/m1/s1. The lowest BCUT2D eigenvalue weighted by molar-refractivity contribution is -0.139. The molecule has 0 aliphatic carbocycles. The zero-order valence-corrected chi connectivity index (χ0v) is 28.0. The van der Waals surface area contributed by atoms with Crippen LogP contribution in [0, 0.1) is 11.3 Å². The Bertz CT molecular complexity index is 2010. The van der Waals surface area contributed by atoms with E-state index in [1.807, 2.05) is 31.2 Å². The van der Waals surface area contributed by atoms with Crippen molar-refractivity contribution < 1.29 is 19.0 Å². The number of hydrogen-bond donors (Lipinski definition) is 0. The third kappa shape index (κ3) is 6.91. The van der Waals surface area contributed by atoms with E-state index in [0.717, 1.165) is 16.5 Å². The molecular formula is C34H29BrClN3O5S. The molecule has 0 saturated carbocycles. The zero-order valence-electron chi connectivity index (χ0n) is 24.8. The first kappa shape index (κ1) is 32.2. The molecular weight excluding hydrogens is 678 g/mol. The van der Waals surface area contributed by atoms with Crippen LogP contribution >= 0.6 is 38.9 Å². The molecule has 0 bridgehead atoms. The highest BCUT2D eigenvalue weighted by Gasteiger charge is 2.36. The van der Waals surface area contributed by atoms with Crippen molar-refractivity contribution in [1.82, 2.24) is 4.57 Å². The molecule has 11 heteroatoms. The second-order valence-electron chi connectivity index (χ2n) is 10.1. The van der Waals surface area contributed by atoms with E-state index in [-0.39, 0.29) is 18.8 Å². The van der Waals surface area contributed by atoms with Crippen LogP contribution in [0.5, 0.6) is 11.5 Å². The summed E-state index contributed by atoms with van der Waals surface area (Å²) in [5.74, 6) is 0.517. The van der Waals surface area contributed by atoms with Gasteiger partial charge in [-0.1, -0.05) is 64.3 Å². The number of nitrogens with zero attached hydrogens (tertiary/aromatic N) is 3. The molecule has 2 heterocycles. The minimum Gasteiger partial charge on any atom is -0.496 e. The van der Waals surface area contributed by atoms with Crippen molar-refractivity contribution in [2.45, 2.75) is 39.3 Å². The number of thiazole rings is 1. The topological polar surface area (TPSA) is 103 Å². The van der Waals surface area contributed by atoms with Crippen molar-refractivity contribution in [2.24, 2.45) is 4.99 Å². The van der Waals surface area contributed by atoms with Crippen LogP contribution in [0.1, 0.15) is 55.0 Å². The summed E-state index contributed by atoms with van der Waals surface area (Å²) in [6, 6.07) is 19.1. The third-order valence-electron chi connectivity index (χ3n) is 7.11. The quantitative estimate of drug-likeness (QED) is 0.176. The van der Waals surface area contributed by atoms with E-state index in [1.54, 1.807) is 56.5 Å². The summed E-state index contributed by atoms with van der Waals surface area (Å²) < 4.78 is 20.0. The summed E-state index contributed by atoms with van der Waals surface area (Å²) in [5.41, 5.74) is 3.23. The van der Waals surface area contributed by atoms with Crippen LogP contribution in [0.15, 0.2) is 86.2 Å². The first-order valence-corrected chi connectivity index (χ1v) is 16.2. The molecule has 1 aromatic heterocycles. The molecule has 0 radical (unpaired) electrons. The zero-order chi connectivity index (χ0) is 32.1. The first-order valence-electron chi connectivity index (χ1n) is 14.2. The molecule has 1 aliphatic rings. The van der Waals surface area contributed by atoms with Crippen LogP contribution < -0.4 is 24.4 Å². The molecule has 1 aliphatic heterocycles. The second-order valence-corrected chi connectivity index (χ2v) is 12.4. The Morgan fingerprint density at radius 2 is 1.89 bits per heavy atom. The molecule has 3 aromatic carbocycles. The molecule has 8 nitrogen and oxygen atoms in total. The van der Waals surface area contributed by atoms with Gasteiger partial charge in [-0.05, 0) is 73.5 Å². The summed E-state index contributed by atoms with van der Waals surface area (Å²) in [4.78, 5) is 33.1. The summed E-state index contributed by atoms with van der Waals surface area (Å²) in [7, 11) is 1.55. The molecule has 0 fully saturated rings. The molecule has 45 heavy (non-hydrogen) atoms.